The number of likely N-dealkylation sites (tertiary alicyclic amines) is 1. The van der Waals surface area contributed by atoms with E-state index >= 15 is 0 Å². The molecule has 5 heteroatoms. The van der Waals surface area contributed by atoms with Crippen molar-refractivity contribution in [2.45, 2.75) is 52.2 Å². The fourth-order valence-corrected chi connectivity index (χ4v) is 4.64. The van der Waals surface area contributed by atoms with E-state index in [0.717, 1.165) is 55.0 Å². The first-order chi connectivity index (χ1) is 16.9. The third kappa shape index (κ3) is 8.33. The fraction of sp³-hybridized carbons (Fsp3) is 0.467. The zero-order valence-electron chi connectivity index (χ0n) is 21.5. The van der Waals surface area contributed by atoms with Crippen molar-refractivity contribution in [2.24, 2.45) is 11.8 Å². The molecule has 35 heavy (non-hydrogen) atoms. The van der Waals surface area contributed by atoms with E-state index in [2.05, 4.69) is 60.6 Å². The topological polar surface area (TPSA) is 27.7 Å². The van der Waals surface area contributed by atoms with Crippen LogP contribution >= 0.6 is 0 Å². The molecule has 1 saturated heterocycles. The van der Waals surface area contributed by atoms with E-state index in [9.17, 15) is 4.39 Å². The second-order valence-electron chi connectivity index (χ2n) is 10.0. The largest absolute Gasteiger partial charge is 0.493 e. The molecule has 2 aromatic carbocycles. The van der Waals surface area contributed by atoms with Crippen LogP contribution in [0.3, 0.4) is 0 Å². The predicted octanol–water partition coefficient (Wildman–Crippen LogP) is 5.66. The monoisotopic (exact) mass is 477 g/mol. The van der Waals surface area contributed by atoms with Gasteiger partial charge in [0, 0.05) is 32.1 Å². The van der Waals surface area contributed by atoms with Crippen LogP contribution < -0.4 is 10.1 Å². The maximum Gasteiger partial charge on any atom is 0.123 e. The standard InChI is InChI=1S/C30H40FN3O/c1-6-7-8-27-21-33(5)18-17-30(27)34(20-26-9-13-28(31)14-10-26)24(4)32-19-25-11-15-29(16-12-25)35-22-23(2)3/h1,9-16,23,27,30,32H,4,7-8,17-22H2,2-3,5H3/t27-,30-/m1/s1. The van der Waals surface area contributed by atoms with Gasteiger partial charge in [-0.3, -0.25) is 0 Å². The molecule has 0 aromatic heterocycles. The van der Waals surface area contributed by atoms with Crippen molar-refractivity contribution in [3.8, 4) is 18.1 Å². The second kappa shape index (κ2) is 13.2. The van der Waals surface area contributed by atoms with Gasteiger partial charge in [-0.1, -0.05) is 44.7 Å². The Labute approximate surface area is 211 Å². The zero-order valence-corrected chi connectivity index (χ0v) is 21.5. The lowest BCUT2D eigenvalue weighted by Gasteiger charge is -2.45. The average Bonchev–Trinajstić information content (AvgIpc) is 2.85. The van der Waals surface area contributed by atoms with Crippen LogP contribution in [0, 0.1) is 30.0 Å². The van der Waals surface area contributed by atoms with Gasteiger partial charge in [0.05, 0.1) is 12.4 Å². The van der Waals surface area contributed by atoms with Crippen molar-refractivity contribution in [1.29, 1.82) is 0 Å². The minimum Gasteiger partial charge on any atom is -0.493 e. The van der Waals surface area contributed by atoms with Crippen LogP contribution in [-0.4, -0.2) is 42.6 Å². The molecule has 0 unspecified atom stereocenters. The molecule has 1 N–H and O–H groups in total. The highest BCUT2D eigenvalue weighted by molar-refractivity contribution is 5.27. The van der Waals surface area contributed by atoms with Gasteiger partial charge in [-0.25, -0.2) is 4.39 Å². The molecule has 188 valence electrons. The maximum atomic E-state index is 13.5. The molecule has 0 saturated carbocycles. The predicted molar refractivity (Wildman–Crippen MR) is 142 cm³/mol. The summed E-state index contributed by atoms with van der Waals surface area (Å²) in [5, 5.41) is 3.55. The summed E-state index contributed by atoms with van der Waals surface area (Å²) in [5.41, 5.74) is 2.23. The summed E-state index contributed by atoms with van der Waals surface area (Å²) in [5.74, 6) is 5.31. The Balaban J connectivity index is 1.71. The number of benzene rings is 2. The van der Waals surface area contributed by atoms with Crippen LogP contribution in [0.2, 0.25) is 0 Å². The molecular weight excluding hydrogens is 437 g/mol. The summed E-state index contributed by atoms with van der Waals surface area (Å²) < 4.78 is 19.3. The number of nitrogens with one attached hydrogen (secondary N) is 1. The van der Waals surface area contributed by atoms with Gasteiger partial charge in [0.25, 0.3) is 0 Å². The lowest BCUT2D eigenvalue weighted by Crippen LogP contribution is -2.50. The lowest BCUT2D eigenvalue weighted by atomic mass is 9.87. The van der Waals surface area contributed by atoms with Crippen LogP contribution in [0.5, 0.6) is 5.75 Å². The summed E-state index contributed by atoms with van der Waals surface area (Å²) in [4.78, 5) is 4.74. The van der Waals surface area contributed by atoms with Crippen molar-refractivity contribution in [1.82, 2.24) is 15.1 Å². The van der Waals surface area contributed by atoms with Crippen molar-refractivity contribution >= 4 is 0 Å². The Morgan fingerprint density at radius 1 is 1.20 bits per heavy atom. The first-order valence-corrected chi connectivity index (χ1v) is 12.6. The minimum atomic E-state index is -0.218. The van der Waals surface area contributed by atoms with E-state index in [-0.39, 0.29) is 5.82 Å². The highest BCUT2D eigenvalue weighted by Gasteiger charge is 2.32. The maximum absolute atomic E-state index is 13.5. The number of terminal acetylenes is 1. The number of hydrogen-bond acceptors (Lipinski definition) is 4. The molecule has 0 amide bonds. The van der Waals surface area contributed by atoms with Gasteiger partial charge < -0.3 is 19.9 Å². The molecular formula is C30H40FN3O. The lowest BCUT2D eigenvalue weighted by molar-refractivity contribution is 0.0761. The Morgan fingerprint density at radius 2 is 1.89 bits per heavy atom. The normalized spacial score (nSPS) is 18.2. The first-order valence-electron chi connectivity index (χ1n) is 12.6. The molecule has 2 aromatic rings. The van der Waals surface area contributed by atoms with Crippen LogP contribution in [0.1, 0.15) is 44.2 Å². The molecule has 1 aliphatic rings. The highest BCUT2D eigenvalue weighted by Crippen LogP contribution is 2.29. The third-order valence-corrected chi connectivity index (χ3v) is 6.57. The Bertz CT molecular complexity index is 965. The third-order valence-electron chi connectivity index (χ3n) is 6.57. The van der Waals surface area contributed by atoms with Crippen LogP contribution in [0.25, 0.3) is 0 Å². The quantitative estimate of drug-likeness (QED) is 0.400. The first kappa shape index (κ1) is 26.6. The molecule has 1 fully saturated rings. The SMILES string of the molecule is C#CCC[C@@H]1CN(C)CC[C@H]1N(Cc1ccc(F)cc1)C(=C)NCc1ccc(OCC(C)C)cc1. The number of nitrogens with zero attached hydrogens (tertiary/aromatic N) is 2. The van der Waals surface area contributed by atoms with Crippen molar-refractivity contribution in [3.05, 3.63) is 77.9 Å². The van der Waals surface area contributed by atoms with Crippen LogP contribution in [0.4, 0.5) is 4.39 Å². The Morgan fingerprint density at radius 3 is 2.54 bits per heavy atom. The second-order valence-corrected chi connectivity index (χ2v) is 10.0. The molecule has 1 heterocycles. The van der Waals surface area contributed by atoms with Gasteiger partial charge in [0.15, 0.2) is 0 Å². The summed E-state index contributed by atoms with van der Waals surface area (Å²) >= 11 is 0. The van der Waals surface area contributed by atoms with Crippen LogP contribution in [0.15, 0.2) is 60.9 Å². The average molecular weight is 478 g/mol. The Hall–Kier alpha value is -2.97. The Kier molecular flexibility index (Phi) is 10.0. The number of rotatable bonds is 12. The smallest absolute Gasteiger partial charge is 0.123 e. The van der Waals surface area contributed by atoms with Gasteiger partial charge in [-0.15, -0.1) is 12.3 Å². The molecule has 2 atom stereocenters. The summed E-state index contributed by atoms with van der Waals surface area (Å²) in [6.45, 7) is 12.8. The van der Waals surface area contributed by atoms with Gasteiger partial charge in [-0.05, 0) is 73.7 Å². The summed E-state index contributed by atoms with van der Waals surface area (Å²) in [7, 11) is 2.17. The molecule has 0 aliphatic carbocycles. The van der Waals surface area contributed by atoms with Crippen LogP contribution in [-0.2, 0) is 13.1 Å². The zero-order chi connectivity index (χ0) is 25.2. The van der Waals surface area contributed by atoms with E-state index in [4.69, 9.17) is 11.2 Å². The molecule has 0 spiro atoms. The van der Waals surface area contributed by atoms with Gasteiger partial charge in [-0.2, -0.15) is 0 Å². The van der Waals surface area contributed by atoms with Crippen molar-refractivity contribution < 1.29 is 9.13 Å². The van der Waals surface area contributed by atoms with E-state index in [1.807, 2.05) is 24.3 Å². The van der Waals surface area contributed by atoms with E-state index in [1.54, 1.807) is 0 Å². The molecule has 4 nitrogen and oxygen atoms in total. The minimum absolute atomic E-state index is 0.218. The van der Waals surface area contributed by atoms with Gasteiger partial charge in [0.2, 0.25) is 0 Å². The number of piperidine rings is 1. The van der Waals surface area contributed by atoms with E-state index in [0.29, 0.717) is 37.6 Å². The number of ether oxygens (including phenoxy) is 1. The number of hydrogen-bond donors (Lipinski definition) is 1. The highest BCUT2D eigenvalue weighted by atomic mass is 19.1. The van der Waals surface area contributed by atoms with E-state index in [1.165, 1.54) is 12.1 Å². The molecule has 3 rings (SSSR count). The molecule has 1 aliphatic heterocycles. The summed E-state index contributed by atoms with van der Waals surface area (Å²) in [6.07, 6.45) is 8.39. The summed E-state index contributed by atoms with van der Waals surface area (Å²) in [6, 6.07) is 15.3. The van der Waals surface area contributed by atoms with Gasteiger partial charge in [0.1, 0.15) is 11.6 Å². The molecule has 0 bridgehead atoms. The van der Waals surface area contributed by atoms with Crippen molar-refractivity contribution in [2.75, 3.05) is 26.7 Å². The number of halogens is 1. The van der Waals surface area contributed by atoms with Gasteiger partial charge >= 0.3 is 0 Å². The van der Waals surface area contributed by atoms with E-state index < -0.39 is 0 Å². The van der Waals surface area contributed by atoms with Crippen molar-refractivity contribution in [3.63, 3.8) is 0 Å². The molecule has 0 radical (unpaired) electrons. The fourth-order valence-electron chi connectivity index (χ4n) is 4.64.